The second-order valence-corrected chi connectivity index (χ2v) is 7.81. The van der Waals surface area contributed by atoms with Gasteiger partial charge in [-0.3, -0.25) is 0 Å². The van der Waals surface area contributed by atoms with Crippen LogP contribution in [-0.2, 0) is 23.1 Å². The highest BCUT2D eigenvalue weighted by Crippen LogP contribution is 2.17. The fourth-order valence-electron chi connectivity index (χ4n) is 1.88. The highest BCUT2D eigenvalue weighted by molar-refractivity contribution is 7.89. The smallest absolute Gasteiger partial charge is 0.241 e. The number of hydrogen-bond acceptors (Lipinski definition) is 4. The van der Waals surface area contributed by atoms with Gasteiger partial charge in [0.2, 0.25) is 10.0 Å². The molecule has 4 nitrogen and oxygen atoms in total. The van der Waals surface area contributed by atoms with E-state index in [2.05, 4.69) is 10.0 Å². The first-order chi connectivity index (χ1) is 9.99. The maximum atomic E-state index is 12.5. The largest absolute Gasteiger partial charge is 0.310 e. The summed E-state index contributed by atoms with van der Waals surface area (Å²) in [6, 6.07) is 11.2. The molecule has 0 atom stereocenters. The third-order valence-corrected chi connectivity index (χ3v) is 5.36. The Kier molecular flexibility index (Phi) is 5.52. The second kappa shape index (κ2) is 7.17. The van der Waals surface area contributed by atoms with Gasteiger partial charge in [-0.25, -0.2) is 13.1 Å². The summed E-state index contributed by atoms with van der Waals surface area (Å²) in [5.41, 5.74) is 0.782. The van der Waals surface area contributed by atoms with Crippen molar-refractivity contribution in [2.45, 2.75) is 37.9 Å². The summed E-state index contributed by atoms with van der Waals surface area (Å²) in [6.07, 6.45) is 0. The van der Waals surface area contributed by atoms with E-state index in [1.807, 2.05) is 43.5 Å². The van der Waals surface area contributed by atoms with Crippen LogP contribution in [0.4, 0.5) is 0 Å². The van der Waals surface area contributed by atoms with Crippen LogP contribution in [0.1, 0.15) is 24.3 Å². The molecular weight excluding hydrogens is 304 g/mol. The molecule has 1 aromatic heterocycles. The second-order valence-electron chi connectivity index (χ2n) is 5.05. The molecular formula is C15H20N2O2S2. The van der Waals surface area contributed by atoms with Crippen molar-refractivity contribution >= 4 is 21.4 Å². The van der Waals surface area contributed by atoms with Crippen molar-refractivity contribution in [3.63, 3.8) is 0 Å². The van der Waals surface area contributed by atoms with Crippen molar-refractivity contribution < 1.29 is 8.42 Å². The number of sulfonamides is 1. The monoisotopic (exact) mass is 324 g/mol. The lowest BCUT2D eigenvalue weighted by atomic mass is 10.2. The first-order valence-corrected chi connectivity index (χ1v) is 9.18. The molecule has 0 aliphatic carbocycles. The van der Waals surface area contributed by atoms with Gasteiger partial charge in [0.1, 0.15) is 0 Å². The molecule has 2 N–H and O–H groups in total. The molecule has 0 aliphatic rings. The summed E-state index contributed by atoms with van der Waals surface area (Å²) in [6.45, 7) is 4.93. The van der Waals surface area contributed by atoms with Gasteiger partial charge in [0.25, 0.3) is 0 Å². The molecule has 0 bridgehead atoms. The first kappa shape index (κ1) is 16.2. The molecule has 1 heterocycles. The standard InChI is InChI=1S/C15H20N2O2S2/c1-12(2)16-10-13-6-3-4-8-15(13)21(18,19)17-11-14-7-5-9-20-14/h3-9,12,16-17H,10-11H2,1-2H3. The summed E-state index contributed by atoms with van der Waals surface area (Å²) < 4.78 is 27.6. The molecule has 0 spiro atoms. The summed E-state index contributed by atoms with van der Waals surface area (Å²) in [5.74, 6) is 0. The molecule has 0 saturated carbocycles. The van der Waals surface area contributed by atoms with E-state index in [0.717, 1.165) is 10.4 Å². The van der Waals surface area contributed by atoms with Crippen molar-refractivity contribution in [2.75, 3.05) is 0 Å². The number of benzene rings is 1. The third kappa shape index (κ3) is 4.64. The Bertz CT molecular complexity index is 665. The van der Waals surface area contributed by atoms with E-state index in [0.29, 0.717) is 24.0 Å². The molecule has 114 valence electrons. The molecule has 2 rings (SSSR count). The molecule has 0 saturated heterocycles. The number of thiophene rings is 1. The summed E-state index contributed by atoms with van der Waals surface area (Å²) in [5, 5.41) is 5.19. The minimum absolute atomic E-state index is 0.305. The van der Waals surface area contributed by atoms with E-state index in [9.17, 15) is 8.42 Å². The minimum atomic E-state index is -3.50. The topological polar surface area (TPSA) is 58.2 Å². The van der Waals surface area contributed by atoms with Crippen LogP contribution in [0.15, 0.2) is 46.7 Å². The number of nitrogens with one attached hydrogen (secondary N) is 2. The zero-order chi connectivity index (χ0) is 15.3. The summed E-state index contributed by atoms with van der Waals surface area (Å²) >= 11 is 1.54. The fraction of sp³-hybridized carbons (Fsp3) is 0.333. The molecule has 0 radical (unpaired) electrons. The Morgan fingerprint density at radius 2 is 1.86 bits per heavy atom. The van der Waals surface area contributed by atoms with E-state index < -0.39 is 10.0 Å². The van der Waals surface area contributed by atoms with E-state index in [1.165, 1.54) is 11.3 Å². The molecule has 1 aromatic carbocycles. The molecule has 0 fully saturated rings. The fourth-order valence-corrected chi connectivity index (χ4v) is 3.86. The van der Waals surface area contributed by atoms with Gasteiger partial charge in [0.05, 0.1) is 4.90 Å². The zero-order valence-electron chi connectivity index (χ0n) is 12.2. The van der Waals surface area contributed by atoms with Crippen molar-refractivity contribution in [3.8, 4) is 0 Å². The van der Waals surface area contributed by atoms with Crippen molar-refractivity contribution in [1.29, 1.82) is 0 Å². The van der Waals surface area contributed by atoms with Gasteiger partial charge in [-0.15, -0.1) is 11.3 Å². The van der Waals surface area contributed by atoms with Gasteiger partial charge in [-0.1, -0.05) is 38.1 Å². The highest BCUT2D eigenvalue weighted by Gasteiger charge is 2.17. The minimum Gasteiger partial charge on any atom is -0.310 e. The maximum absolute atomic E-state index is 12.5. The van der Waals surface area contributed by atoms with Gasteiger partial charge >= 0.3 is 0 Å². The lowest BCUT2D eigenvalue weighted by Crippen LogP contribution is -2.27. The highest BCUT2D eigenvalue weighted by atomic mass is 32.2. The Balaban J connectivity index is 2.15. The number of hydrogen-bond donors (Lipinski definition) is 2. The summed E-state index contributed by atoms with van der Waals surface area (Å²) in [7, 11) is -3.50. The Labute approximate surface area is 130 Å². The van der Waals surface area contributed by atoms with Crippen LogP contribution >= 0.6 is 11.3 Å². The lowest BCUT2D eigenvalue weighted by molar-refractivity contribution is 0.568. The quantitative estimate of drug-likeness (QED) is 0.823. The average molecular weight is 324 g/mol. The molecule has 21 heavy (non-hydrogen) atoms. The zero-order valence-corrected chi connectivity index (χ0v) is 13.8. The first-order valence-electron chi connectivity index (χ1n) is 6.82. The predicted molar refractivity (Wildman–Crippen MR) is 86.8 cm³/mol. The van der Waals surface area contributed by atoms with Crippen LogP contribution in [0.2, 0.25) is 0 Å². The normalized spacial score (nSPS) is 12.0. The van der Waals surface area contributed by atoms with Crippen LogP contribution < -0.4 is 10.0 Å². The predicted octanol–water partition coefficient (Wildman–Crippen LogP) is 2.72. The number of rotatable bonds is 7. The van der Waals surface area contributed by atoms with Gasteiger partial charge in [-0.2, -0.15) is 0 Å². The molecule has 0 aliphatic heterocycles. The van der Waals surface area contributed by atoms with E-state index >= 15 is 0 Å². The van der Waals surface area contributed by atoms with Gasteiger partial charge in [0.15, 0.2) is 0 Å². The van der Waals surface area contributed by atoms with Crippen LogP contribution in [0.5, 0.6) is 0 Å². The van der Waals surface area contributed by atoms with Crippen LogP contribution in [0.25, 0.3) is 0 Å². The van der Waals surface area contributed by atoms with Crippen molar-refractivity contribution in [3.05, 3.63) is 52.2 Å². The van der Waals surface area contributed by atoms with Gasteiger partial charge in [-0.05, 0) is 23.1 Å². The van der Waals surface area contributed by atoms with Crippen molar-refractivity contribution in [2.24, 2.45) is 0 Å². The average Bonchev–Trinajstić information content (AvgIpc) is 2.97. The Morgan fingerprint density at radius 3 is 2.52 bits per heavy atom. The Morgan fingerprint density at radius 1 is 1.10 bits per heavy atom. The lowest BCUT2D eigenvalue weighted by Gasteiger charge is -2.13. The van der Waals surface area contributed by atoms with E-state index in [4.69, 9.17) is 0 Å². The molecule has 6 heteroatoms. The van der Waals surface area contributed by atoms with E-state index in [-0.39, 0.29) is 0 Å². The molecule has 0 amide bonds. The van der Waals surface area contributed by atoms with Gasteiger partial charge < -0.3 is 5.32 Å². The van der Waals surface area contributed by atoms with Crippen molar-refractivity contribution in [1.82, 2.24) is 10.0 Å². The Hall–Kier alpha value is -1.21. The maximum Gasteiger partial charge on any atom is 0.241 e. The summed E-state index contributed by atoms with van der Waals surface area (Å²) in [4.78, 5) is 1.34. The molecule has 0 unspecified atom stereocenters. The van der Waals surface area contributed by atoms with Crippen LogP contribution in [0.3, 0.4) is 0 Å². The van der Waals surface area contributed by atoms with Gasteiger partial charge in [0, 0.05) is 24.0 Å². The SMILES string of the molecule is CC(C)NCc1ccccc1S(=O)(=O)NCc1cccs1. The molecule has 2 aromatic rings. The van der Waals surface area contributed by atoms with Crippen LogP contribution in [0, 0.1) is 0 Å². The van der Waals surface area contributed by atoms with E-state index in [1.54, 1.807) is 12.1 Å². The van der Waals surface area contributed by atoms with Crippen LogP contribution in [-0.4, -0.2) is 14.5 Å². The third-order valence-electron chi connectivity index (χ3n) is 2.98.